The summed E-state index contributed by atoms with van der Waals surface area (Å²) in [5, 5.41) is 1.06. The van der Waals surface area contributed by atoms with Crippen molar-refractivity contribution in [3.05, 3.63) is 65.6 Å². The number of rotatable bonds is 1. The summed E-state index contributed by atoms with van der Waals surface area (Å²) >= 11 is 0. The number of hydrogen-bond donors (Lipinski definition) is 1. The first-order valence-corrected chi connectivity index (χ1v) is 6.60. The zero-order valence-corrected chi connectivity index (χ0v) is 10.8. The molecule has 20 heavy (non-hydrogen) atoms. The molecule has 1 amide bonds. The van der Waals surface area contributed by atoms with Gasteiger partial charge in [0, 0.05) is 35.4 Å². The minimum absolute atomic E-state index is 0.0612. The van der Waals surface area contributed by atoms with Crippen LogP contribution in [-0.2, 0) is 13.1 Å². The summed E-state index contributed by atoms with van der Waals surface area (Å²) in [4.78, 5) is 21.9. The van der Waals surface area contributed by atoms with E-state index in [0.717, 1.165) is 27.7 Å². The highest BCUT2D eigenvalue weighted by Crippen LogP contribution is 2.23. The van der Waals surface area contributed by atoms with Gasteiger partial charge in [-0.15, -0.1) is 0 Å². The predicted molar refractivity (Wildman–Crippen MR) is 76.1 cm³/mol. The lowest BCUT2D eigenvalue weighted by molar-refractivity contribution is 0.0750. The predicted octanol–water partition coefficient (Wildman–Crippen LogP) is 2.72. The van der Waals surface area contributed by atoms with Crippen molar-refractivity contribution in [1.82, 2.24) is 14.9 Å². The SMILES string of the molecule is O=C(c1ccc2[nH]ccc2c1)N1Cc2cccnc2C1. The minimum Gasteiger partial charge on any atom is -0.361 e. The first-order valence-electron chi connectivity index (χ1n) is 6.60. The molecule has 3 aromatic rings. The van der Waals surface area contributed by atoms with Gasteiger partial charge in [-0.1, -0.05) is 6.07 Å². The molecule has 0 saturated carbocycles. The van der Waals surface area contributed by atoms with Crippen molar-refractivity contribution >= 4 is 16.8 Å². The van der Waals surface area contributed by atoms with Crippen LogP contribution in [-0.4, -0.2) is 20.8 Å². The van der Waals surface area contributed by atoms with Crippen molar-refractivity contribution in [2.24, 2.45) is 0 Å². The molecular formula is C16H13N3O. The number of nitrogens with zero attached hydrogens (tertiary/aromatic N) is 2. The molecule has 1 aliphatic heterocycles. The lowest BCUT2D eigenvalue weighted by Gasteiger charge is -2.15. The maximum absolute atomic E-state index is 12.6. The average Bonchev–Trinajstić information content (AvgIpc) is 3.11. The van der Waals surface area contributed by atoms with Crippen molar-refractivity contribution in [2.45, 2.75) is 13.1 Å². The summed E-state index contributed by atoms with van der Waals surface area (Å²) in [6.45, 7) is 1.24. The highest BCUT2D eigenvalue weighted by molar-refractivity contribution is 5.98. The third-order valence-electron chi connectivity index (χ3n) is 3.77. The van der Waals surface area contributed by atoms with E-state index in [1.807, 2.05) is 47.5 Å². The van der Waals surface area contributed by atoms with Crippen molar-refractivity contribution in [1.29, 1.82) is 0 Å². The summed E-state index contributed by atoms with van der Waals surface area (Å²) in [5.41, 5.74) is 3.92. The van der Waals surface area contributed by atoms with Crippen LogP contribution in [0.2, 0.25) is 0 Å². The number of nitrogens with one attached hydrogen (secondary N) is 1. The Balaban J connectivity index is 1.65. The van der Waals surface area contributed by atoms with Gasteiger partial charge in [-0.05, 0) is 35.9 Å². The van der Waals surface area contributed by atoms with E-state index in [1.54, 1.807) is 6.20 Å². The summed E-state index contributed by atoms with van der Waals surface area (Å²) in [6.07, 6.45) is 3.66. The van der Waals surface area contributed by atoms with E-state index in [0.29, 0.717) is 13.1 Å². The molecule has 0 bridgehead atoms. The lowest BCUT2D eigenvalue weighted by Crippen LogP contribution is -2.25. The zero-order valence-electron chi connectivity index (χ0n) is 10.8. The highest BCUT2D eigenvalue weighted by atomic mass is 16.2. The Morgan fingerprint density at radius 3 is 3.05 bits per heavy atom. The van der Waals surface area contributed by atoms with Crippen LogP contribution in [0.1, 0.15) is 21.6 Å². The largest absolute Gasteiger partial charge is 0.361 e. The molecule has 0 aliphatic carbocycles. The average molecular weight is 263 g/mol. The van der Waals surface area contributed by atoms with E-state index in [2.05, 4.69) is 9.97 Å². The number of hydrogen-bond acceptors (Lipinski definition) is 2. The number of fused-ring (bicyclic) bond motifs is 2. The third-order valence-corrected chi connectivity index (χ3v) is 3.77. The van der Waals surface area contributed by atoms with Gasteiger partial charge in [0.25, 0.3) is 5.91 Å². The monoisotopic (exact) mass is 263 g/mol. The Hall–Kier alpha value is -2.62. The molecule has 98 valence electrons. The fraction of sp³-hybridized carbons (Fsp3) is 0.125. The Morgan fingerprint density at radius 2 is 2.15 bits per heavy atom. The molecule has 1 aromatic carbocycles. The van der Waals surface area contributed by atoms with Crippen LogP contribution in [0.3, 0.4) is 0 Å². The molecule has 0 radical (unpaired) electrons. The molecule has 4 heteroatoms. The summed E-state index contributed by atoms with van der Waals surface area (Å²) in [5.74, 6) is 0.0612. The second-order valence-corrected chi connectivity index (χ2v) is 5.05. The molecule has 1 aliphatic rings. The Labute approximate surface area is 116 Å². The van der Waals surface area contributed by atoms with E-state index < -0.39 is 0 Å². The standard InChI is InChI=1S/C16H13N3O/c20-16(12-3-4-14-11(8-12)5-7-18-14)19-9-13-2-1-6-17-15(13)10-19/h1-8,18H,9-10H2. The van der Waals surface area contributed by atoms with Crippen LogP contribution < -0.4 is 0 Å². The number of H-pyrrole nitrogens is 1. The van der Waals surface area contributed by atoms with Crippen molar-refractivity contribution < 1.29 is 4.79 Å². The van der Waals surface area contributed by atoms with E-state index >= 15 is 0 Å². The quantitative estimate of drug-likeness (QED) is 0.734. The summed E-state index contributed by atoms with van der Waals surface area (Å²) in [6, 6.07) is 11.7. The van der Waals surface area contributed by atoms with Gasteiger partial charge < -0.3 is 9.88 Å². The molecule has 3 heterocycles. The highest BCUT2D eigenvalue weighted by Gasteiger charge is 2.24. The van der Waals surface area contributed by atoms with Crippen LogP contribution in [0.25, 0.3) is 10.9 Å². The van der Waals surface area contributed by atoms with Gasteiger partial charge in [-0.3, -0.25) is 9.78 Å². The lowest BCUT2D eigenvalue weighted by atomic mass is 10.1. The first kappa shape index (κ1) is 11.2. The number of carbonyl (C=O) groups is 1. The van der Waals surface area contributed by atoms with Crippen molar-refractivity contribution in [3.63, 3.8) is 0 Å². The number of carbonyl (C=O) groups excluding carboxylic acids is 1. The smallest absolute Gasteiger partial charge is 0.254 e. The Morgan fingerprint density at radius 1 is 1.20 bits per heavy atom. The van der Waals surface area contributed by atoms with Crippen molar-refractivity contribution in [3.8, 4) is 0 Å². The third kappa shape index (κ3) is 1.69. The first-order chi connectivity index (χ1) is 9.81. The second-order valence-electron chi connectivity index (χ2n) is 5.05. The normalized spacial score (nSPS) is 13.7. The Kier molecular flexibility index (Phi) is 2.36. The maximum Gasteiger partial charge on any atom is 0.254 e. The number of aromatic amines is 1. The van der Waals surface area contributed by atoms with Gasteiger partial charge >= 0.3 is 0 Å². The Bertz CT molecular complexity index is 781. The number of pyridine rings is 1. The van der Waals surface area contributed by atoms with Gasteiger partial charge in [0.1, 0.15) is 0 Å². The molecule has 0 saturated heterocycles. The zero-order chi connectivity index (χ0) is 13.5. The number of amides is 1. The molecular weight excluding hydrogens is 250 g/mol. The molecule has 4 rings (SSSR count). The molecule has 4 nitrogen and oxygen atoms in total. The van der Waals surface area contributed by atoms with Gasteiger partial charge in [-0.2, -0.15) is 0 Å². The summed E-state index contributed by atoms with van der Waals surface area (Å²) in [7, 11) is 0. The molecule has 0 fully saturated rings. The molecule has 2 aromatic heterocycles. The van der Waals surface area contributed by atoms with Crippen LogP contribution in [0.5, 0.6) is 0 Å². The number of aromatic nitrogens is 2. The van der Waals surface area contributed by atoms with Gasteiger partial charge in [-0.25, -0.2) is 0 Å². The van der Waals surface area contributed by atoms with Crippen LogP contribution in [0.15, 0.2) is 48.8 Å². The fourth-order valence-corrected chi connectivity index (χ4v) is 2.71. The minimum atomic E-state index is 0.0612. The van der Waals surface area contributed by atoms with E-state index in [4.69, 9.17) is 0 Å². The summed E-state index contributed by atoms with van der Waals surface area (Å²) < 4.78 is 0. The van der Waals surface area contributed by atoms with E-state index in [-0.39, 0.29) is 5.91 Å². The topological polar surface area (TPSA) is 49.0 Å². The second kappa shape index (κ2) is 4.20. The van der Waals surface area contributed by atoms with Gasteiger partial charge in [0.05, 0.1) is 12.2 Å². The molecule has 0 atom stereocenters. The fourth-order valence-electron chi connectivity index (χ4n) is 2.71. The van der Waals surface area contributed by atoms with Crippen LogP contribution in [0, 0.1) is 0 Å². The van der Waals surface area contributed by atoms with Gasteiger partial charge in [0.2, 0.25) is 0 Å². The molecule has 0 unspecified atom stereocenters. The van der Waals surface area contributed by atoms with Crippen molar-refractivity contribution in [2.75, 3.05) is 0 Å². The van der Waals surface area contributed by atoms with E-state index in [9.17, 15) is 4.79 Å². The van der Waals surface area contributed by atoms with Crippen LogP contribution >= 0.6 is 0 Å². The van der Waals surface area contributed by atoms with Crippen LogP contribution in [0.4, 0.5) is 0 Å². The molecule has 1 N–H and O–H groups in total. The maximum atomic E-state index is 12.6. The molecule has 0 spiro atoms. The van der Waals surface area contributed by atoms with Gasteiger partial charge in [0.15, 0.2) is 0 Å². The number of benzene rings is 1. The van der Waals surface area contributed by atoms with E-state index in [1.165, 1.54) is 0 Å².